The number of aryl methyl sites for hydroxylation is 2. The predicted octanol–water partition coefficient (Wildman–Crippen LogP) is 1.88. The number of rotatable bonds is 3. The Kier molecular flexibility index (Phi) is 4.32. The summed E-state index contributed by atoms with van der Waals surface area (Å²) in [6, 6.07) is 2.09. The molecule has 0 unspecified atom stereocenters. The molecular weight excluding hydrogens is 288 g/mol. The third-order valence-electron chi connectivity index (χ3n) is 4.25. The van der Waals surface area contributed by atoms with Gasteiger partial charge in [0, 0.05) is 70.1 Å². The van der Waals surface area contributed by atoms with Crippen molar-refractivity contribution in [2.24, 2.45) is 0 Å². The van der Waals surface area contributed by atoms with Crippen LogP contribution in [0.2, 0.25) is 0 Å². The zero-order valence-electron chi connectivity index (χ0n) is 14.3. The molecule has 0 amide bonds. The van der Waals surface area contributed by atoms with Crippen LogP contribution < -0.4 is 14.7 Å². The van der Waals surface area contributed by atoms with Crippen LogP contribution in [0, 0.1) is 13.8 Å². The molecule has 6 heteroatoms. The van der Waals surface area contributed by atoms with E-state index in [1.165, 1.54) is 11.3 Å². The van der Waals surface area contributed by atoms with Crippen molar-refractivity contribution in [1.82, 2.24) is 15.0 Å². The minimum Gasteiger partial charge on any atom is -0.368 e. The lowest BCUT2D eigenvalue weighted by Crippen LogP contribution is -2.47. The lowest BCUT2D eigenvalue weighted by atomic mass is 10.2. The molecular formula is C17H24N6. The van der Waals surface area contributed by atoms with Gasteiger partial charge in [0.2, 0.25) is 5.95 Å². The first-order valence-electron chi connectivity index (χ1n) is 7.97. The van der Waals surface area contributed by atoms with Crippen molar-refractivity contribution < 1.29 is 0 Å². The van der Waals surface area contributed by atoms with Gasteiger partial charge in [0.05, 0.1) is 0 Å². The Balaban J connectivity index is 1.72. The fraction of sp³-hybridized carbons (Fsp3) is 0.471. The normalized spacial score (nSPS) is 15.0. The summed E-state index contributed by atoms with van der Waals surface area (Å²) >= 11 is 0. The maximum absolute atomic E-state index is 4.72. The van der Waals surface area contributed by atoms with Gasteiger partial charge in [-0.3, -0.25) is 4.98 Å². The summed E-state index contributed by atoms with van der Waals surface area (Å²) < 4.78 is 0. The van der Waals surface area contributed by atoms with Crippen LogP contribution in [0.4, 0.5) is 17.5 Å². The van der Waals surface area contributed by atoms with Gasteiger partial charge in [0.1, 0.15) is 5.82 Å². The van der Waals surface area contributed by atoms with E-state index in [1.807, 2.05) is 44.5 Å². The number of hydrogen-bond acceptors (Lipinski definition) is 6. The molecule has 2 aromatic rings. The minimum absolute atomic E-state index is 0.824. The van der Waals surface area contributed by atoms with Gasteiger partial charge < -0.3 is 14.7 Å². The molecule has 0 N–H and O–H groups in total. The first-order chi connectivity index (χ1) is 11.1. The molecule has 1 fully saturated rings. The van der Waals surface area contributed by atoms with Crippen molar-refractivity contribution in [2.45, 2.75) is 13.8 Å². The van der Waals surface area contributed by atoms with Crippen molar-refractivity contribution >= 4 is 17.5 Å². The van der Waals surface area contributed by atoms with Crippen molar-refractivity contribution in [1.29, 1.82) is 0 Å². The van der Waals surface area contributed by atoms with Gasteiger partial charge in [-0.1, -0.05) is 0 Å². The number of nitrogens with zero attached hydrogens (tertiary/aromatic N) is 6. The molecule has 2 aromatic heterocycles. The highest BCUT2D eigenvalue weighted by molar-refractivity contribution is 5.54. The van der Waals surface area contributed by atoms with Gasteiger partial charge in [0.15, 0.2) is 0 Å². The third kappa shape index (κ3) is 3.21. The fourth-order valence-corrected chi connectivity index (χ4v) is 3.00. The number of pyridine rings is 1. The van der Waals surface area contributed by atoms with Crippen molar-refractivity contribution in [3.05, 3.63) is 35.8 Å². The van der Waals surface area contributed by atoms with Crippen LogP contribution in [0.3, 0.4) is 0 Å². The van der Waals surface area contributed by atoms with Gasteiger partial charge in [-0.25, -0.2) is 4.98 Å². The number of hydrogen-bond donors (Lipinski definition) is 0. The summed E-state index contributed by atoms with van der Waals surface area (Å²) in [7, 11) is 4.03. The van der Waals surface area contributed by atoms with E-state index in [2.05, 4.69) is 32.8 Å². The van der Waals surface area contributed by atoms with E-state index in [9.17, 15) is 0 Å². The Labute approximate surface area is 137 Å². The fourth-order valence-electron chi connectivity index (χ4n) is 3.00. The van der Waals surface area contributed by atoms with E-state index in [0.29, 0.717) is 0 Å². The van der Waals surface area contributed by atoms with Crippen LogP contribution in [-0.4, -0.2) is 55.2 Å². The predicted molar refractivity (Wildman–Crippen MR) is 94.5 cm³/mol. The first kappa shape index (κ1) is 15.5. The van der Waals surface area contributed by atoms with E-state index in [1.54, 1.807) is 0 Å². The summed E-state index contributed by atoms with van der Waals surface area (Å²) in [6.45, 7) is 7.96. The maximum Gasteiger partial charge on any atom is 0.227 e. The molecule has 122 valence electrons. The molecule has 0 aromatic carbocycles. The van der Waals surface area contributed by atoms with Crippen LogP contribution in [0.1, 0.15) is 11.1 Å². The Morgan fingerprint density at radius 3 is 2.30 bits per heavy atom. The monoisotopic (exact) mass is 312 g/mol. The summed E-state index contributed by atoms with van der Waals surface area (Å²) in [4.78, 5) is 20.1. The molecule has 0 atom stereocenters. The smallest absolute Gasteiger partial charge is 0.227 e. The molecule has 0 spiro atoms. The van der Waals surface area contributed by atoms with E-state index in [4.69, 9.17) is 4.98 Å². The molecule has 3 rings (SSSR count). The molecule has 0 bridgehead atoms. The van der Waals surface area contributed by atoms with Crippen LogP contribution in [-0.2, 0) is 0 Å². The standard InChI is InChI=1S/C17H24N6/c1-13-11-18-6-5-15(13)22-7-9-23(10-8-22)17-19-12-14(2)16(20-17)21(3)4/h5-6,11-12H,7-10H2,1-4H3. The van der Waals surface area contributed by atoms with Gasteiger partial charge in [-0.15, -0.1) is 0 Å². The molecule has 1 aliphatic heterocycles. The molecule has 0 aliphatic carbocycles. The van der Waals surface area contributed by atoms with Crippen molar-refractivity contribution in [3.63, 3.8) is 0 Å². The average Bonchev–Trinajstić information content (AvgIpc) is 2.56. The lowest BCUT2D eigenvalue weighted by Gasteiger charge is -2.36. The Bertz CT molecular complexity index is 677. The number of aromatic nitrogens is 3. The summed E-state index contributed by atoms with van der Waals surface area (Å²) in [5.41, 5.74) is 3.60. The Morgan fingerprint density at radius 1 is 0.957 bits per heavy atom. The van der Waals surface area contributed by atoms with Crippen LogP contribution in [0.15, 0.2) is 24.7 Å². The topological polar surface area (TPSA) is 48.4 Å². The third-order valence-corrected chi connectivity index (χ3v) is 4.25. The van der Waals surface area contributed by atoms with Crippen molar-refractivity contribution in [2.75, 3.05) is 55.0 Å². The highest BCUT2D eigenvalue weighted by Gasteiger charge is 2.21. The molecule has 0 saturated carbocycles. The maximum atomic E-state index is 4.72. The van der Waals surface area contributed by atoms with E-state index in [0.717, 1.165) is 43.5 Å². The van der Waals surface area contributed by atoms with Gasteiger partial charge in [-0.2, -0.15) is 4.98 Å². The van der Waals surface area contributed by atoms with Crippen LogP contribution in [0.5, 0.6) is 0 Å². The van der Waals surface area contributed by atoms with Crippen LogP contribution >= 0.6 is 0 Å². The molecule has 0 radical (unpaired) electrons. The molecule has 1 aliphatic rings. The van der Waals surface area contributed by atoms with Gasteiger partial charge in [-0.05, 0) is 25.5 Å². The summed E-state index contributed by atoms with van der Waals surface area (Å²) in [6.07, 6.45) is 5.70. The second-order valence-corrected chi connectivity index (χ2v) is 6.21. The average molecular weight is 312 g/mol. The number of anilines is 3. The molecule has 6 nitrogen and oxygen atoms in total. The number of piperazine rings is 1. The van der Waals surface area contributed by atoms with Crippen molar-refractivity contribution in [3.8, 4) is 0 Å². The zero-order valence-corrected chi connectivity index (χ0v) is 14.3. The van der Waals surface area contributed by atoms with E-state index in [-0.39, 0.29) is 0 Å². The lowest BCUT2D eigenvalue weighted by molar-refractivity contribution is 0.638. The van der Waals surface area contributed by atoms with Gasteiger partial charge in [0.25, 0.3) is 0 Å². The van der Waals surface area contributed by atoms with E-state index < -0.39 is 0 Å². The molecule has 23 heavy (non-hydrogen) atoms. The zero-order chi connectivity index (χ0) is 16.4. The second kappa shape index (κ2) is 6.40. The SMILES string of the molecule is Cc1cnccc1N1CCN(c2ncc(C)c(N(C)C)n2)CC1. The van der Waals surface area contributed by atoms with Gasteiger partial charge >= 0.3 is 0 Å². The Morgan fingerprint density at radius 2 is 1.65 bits per heavy atom. The minimum atomic E-state index is 0.824. The van der Waals surface area contributed by atoms with Crippen LogP contribution in [0.25, 0.3) is 0 Å². The highest BCUT2D eigenvalue weighted by Crippen LogP contribution is 2.22. The summed E-state index contributed by atoms with van der Waals surface area (Å²) in [5.74, 6) is 1.81. The Hall–Kier alpha value is -2.37. The van der Waals surface area contributed by atoms with E-state index >= 15 is 0 Å². The second-order valence-electron chi connectivity index (χ2n) is 6.21. The highest BCUT2D eigenvalue weighted by atomic mass is 15.3. The summed E-state index contributed by atoms with van der Waals surface area (Å²) in [5, 5.41) is 0. The molecule has 3 heterocycles. The quantitative estimate of drug-likeness (QED) is 0.862. The first-order valence-corrected chi connectivity index (χ1v) is 7.97. The molecule has 1 saturated heterocycles. The largest absolute Gasteiger partial charge is 0.368 e.